The zero-order valence-electron chi connectivity index (χ0n) is 12.5. The van der Waals surface area contributed by atoms with Crippen LogP contribution in [0.2, 0.25) is 0 Å². The number of nitrogens with one attached hydrogen (secondary N) is 2. The number of fused-ring (bicyclic) bond motifs is 1. The molecule has 0 amide bonds. The van der Waals surface area contributed by atoms with E-state index in [1.165, 1.54) is 11.1 Å². The van der Waals surface area contributed by atoms with Gasteiger partial charge in [-0.05, 0) is 36.4 Å². The molecule has 2 N–H and O–H groups in total. The second kappa shape index (κ2) is 7.75. The highest BCUT2D eigenvalue weighted by Crippen LogP contribution is 2.22. The number of hydrogen-bond acceptors (Lipinski definition) is 4. The lowest BCUT2D eigenvalue weighted by Gasteiger charge is -2.27. The monoisotopic (exact) mass is 346 g/mol. The second-order valence-corrected chi connectivity index (χ2v) is 7.67. The fraction of sp³-hybridized carbons (Fsp3) is 0.600. The topological polar surface area (TPSA) is 67.4 Å². The van der Waals surface area contributed by atoms with E-state index in [0.717, 1.165) is 19.4 Å². The Kier molecular flexibility index (Phi) is 6.23. The molecule has 0 bridgehead atoms. The zero-order chi connectivity index (χ0) is 14.7. The van der Waals surface area contributed by atoms with Gasteiger partial charge in [0.15, 0.2) is 0 Å². The molecule has 2 aliphatic rings. The van der Waals surface area contributed by atoms with Crippen molar-refractivity contribution in [2.45, 2.75) is 18.9 Å². The van der Waals surface area contributed by atoms with Crippen LogP contribution in [0.1, 0.15) is 23.6 Å². The lowest BCUT2D eigenvalue weighted by atomic mass is 9.95. The van der Waals surface area contributed by atoms with Crippen LogP contribution >= 0.6 is 12.4 Å². The zero-order valence-corrected chi connectivity index (χ0v) is 14.1. The molecule has 2 heterocycles. The molecule has 124 valence electrons. The Balaban J connectivity index is 0.00000176. The molecule has 0 saturated carbocycles. The van der Waals surface area contributed by atoms with Gasteiger partial charge in [0, 0.05) is 19.2 Å². The van der Waals surface area contributed by atoms with Crippen LogP contribution in [0.5, 0.6) is 0 Å². The summed E-state index contributed by atoms with van der Waals surface area (Å²) in [6.45, 7) is 2.54. The first-order valence-electron chi connectivity index (χ1n) is 7.50. The molecule has 5 nitrogen and oxygen atoms in total. The van der Waals surface area contributed by atoms with Crippen LogP contribution in [0.3, 0.4) is 0 Å². The van der Waals surface area contributed by atoms with Gasteiger partial charge in [0.1, 0.15) is 0 Å². The van der Waals surface area contributed by atoms with E-state index in [4.69, 9.17) is 4.74 Å². The highest BCUT2D eigenvalue weighted by Gasteiger charge is 2.25. The molecule has 1 aromatic rings. The van der Waals surface area contributed by atoms with E-state index in [1.807, 2.05) is 12.1 Å². The third-order valence-corrected chi connectivity index (χ3v) is 5.72. The van der Waals surface area contributed by atoms with Crippen LogP contribution in [0.15, 0.2) is 24.3 Å². The van der Waals surface area contributed by atoms with Gasteiger partial charge in [-0.2, -0.15) is 0 Å². The maximum atomic E-state index is 12.1. The second-order valence-electron chi connectivity index (χ2n) is 5.82. The van der Waals surface area contributed by atoms with Crippen LogP contribution in [-0.4, -0.2) is 40.5 Å². The number of ether oxygens (including phenoxy) is 1. The number of rotatable bonds is 5. The molecule has 0 aromatic heterocycles. The summed E-state index contributed by atoms with van der Waals surface area (Å²) in [4.78, 5) is 0. The van der Waals surface area contributed by atoms with Crippen molar-refractivity contribution in [2.75, 3.05) is 32.1 Å². The van der Waals surface area contributed by atoms with Crippen molar-refractivity contribution in [2.24, 2.45) is 5.92 Å². The lowest BCUT2D eigenvalue weighted by Crippen LogP contribution is -2.40. The summed E-state index contributed by atoms with van der Waals surface area (Å²) >= 11 is 0. The smallest absolute Gasteiger partial charge is 0.212 e. The van der Waals surface area contributed by atoms with Gasteiger partial charge in [-0.1, -0.05) is 24.3 Å². The number of hydrogen-bond donors (Lipinski definition) is 2. The van der Waals surface area contributed by atoms with Gasteiger partial charge in [0.2, 0.25) is 10.0 Å². The molecule has 0 radical (unpaired) electrons. The summed E-state index contributed by atoms with van der Waals surface area (Å²) in [5.74, 6) is 0.301. The average Bonchev–Trinajstić information content (AvgIpc) is 2.97. The lowest BCUT2D eigenvalue weighted by molar-refractivity contribution is 0.188. The van der Waals surface area contributed by atoms with Gasteiger partial charge in [-0.15, -0.1) is 12.4 Å². The summed E-state index contributed by atoms with van der Waals surface area (Å²) in [5, 5.41) is 3.39. The van der Waals surface area contributed by atoms with Gasteiger partial charge in [0.25, 0.3) is 0 Å². The van der Waals surface area contributed by atoms with E-state index in [2.05, 4.69) is 22.2 Å². The quantitative estimate of drug-likeness (QED) is 0.842. The predicted molar refractivity (Wildman–Crippen MR) is 88.9 cm³/mol. The van der Waals surface area contributed by atoms with E-state index < -0.39 is 10.0 Å². The Labute approximate surface area is 138 Å². The highest BCUT2D eigenvalue weighted by molar-refractivity contribution is 7.89. The molecule has 2 unspecified atom stereocenters. The van der Waals surface area contributed by atoms with Crippen molar-refractivity contribution in [3.05, 3.63) is 35.4 Å². The molecular weight excluding hydrogens is 324 g/mol. The Bertz CT molecular complexity index is 588. The molecule has 2 aliphatic heterocycles. The molecule has 1 aromatic carbocycles. The summed E-state index contributed by atoms with van der Waals surface area (Å²) in [5.41, 5.74) is 2.51. The van der Waals surface area contributed by atoms with Gasteiger partial charge in [-0.3, -0.25) is 0 Å². The molecule has 1 saturated heterocycles. The van der Waals surface area contributed by atoms with E-state index in [9.17, 15) is 8.42 Å². The SMILES string of the molecule is Cl.O=S(=O)(CC1CCOC1)NCC1NCCc2ccccc21. The van der Waals surface area contributed by atoms with E-state index in [1.54, 1.807) is 0 Å². The van der Waals surface area contributed by atoms with Gasteiger partial charge in [-0.25, -0.2) is 13.1 Å². The van der Waals surface area contributed by atoms with Crippen molar-refractivity contribution >= 4 is 22.4 Å². The first kappa shape index (κ1) is 17.7. The largest absolute Gasteiger partial charge is 0.381 e. The molecule has 2 atom stereocenters. The fourth-order valence-corrected chi connectivity index (χ4v) is 4.49. The van der Waals surface area contributed by atoms with Crippen LogP contribution in [-0.2, 0) is 21.2 Å². The summed E-state index contributed by atoms with van der Waals surface area (Å²) < 4.78 is 32.3. The number of benzene rings is 1. The normalized spacial score (nSPS) is 24.5. The van der Waals surface area contributed by atoms with Crippen molar-refractivity contribution < 1.29 is 13.2 Å². The maximum absolute atomic E-state index is 12.1. The summed E-state index contributed by atoms with van der Waals surface area (Å²) in [6, 6.07) is 8.29. The molecule has 7 heteroatoms. The third kappa shape index (κ3) is 4.43. The highest BCUT2D eigenvalue weighted by atomic mass is 35.5. The minimum absolute atomic E-state index is 0. The van der Waals surface area contributed by atoms with Gasteiger partial charge in [0.05, 0.1) is 12.4 Å². The van der Waals surface area contributed by atoms with Crippen molar-refractivity contribution in [3.8, 4) is 0 Å². The van der Waals surface area contributed by atoms with Crippen LogP contribution in [0.25, 0.3) is 0 Å². The van der Waals surface area contributed by atoms with Crippen molar-refractivity contribution in [1.29, 1.82) is 0 Å². The molecule has 3 rings (SSSR count). The average molecular weight is 347 g/mol. The minimum Gasteiger partial charge on any atom is -0.381 e. The molecular formula is C15H23ClN2O3S. The first-order valence-corrected chi connectivity index (χ1v) is 9.15. The van der Waals surface area contributed by atoms with Crippen molar-refractivity contribution in [1.82, 2.24) is 10.0 Å². The van der Waals surface area contributed by atoms with Crippen LogP contribution < -0.4 is 10.0 Å². The third-order valence-electron chi connectivity index (χ3n) is 4.20. The first-order chi connectivity index (χ1) is 10.1. The Hall–Kier alpha value is -0.660. The van der Waals surface area contributed by atoms with Crippen molar-refractivity contribution in [3.63, 3.8) is 0 Å². The van der Waals surface area contributed by atoms with Gasteiger partial charge >= 0.3 is 0 Å². The number of sulfonamides is 1. The maximum Gasteiger partial charge on any atom is 0.212 e. The predicted octanol–water partition coefficient (Wildman–Crippen LogP) is 1.25. The summed E-state index contributed by atoms with van der Waals surface area (Å²) in [7, 11) is -3.24. The van der Waals surface area contributed by atoms with E-state index in [-0.39, 0.29) is 30.1 Å². The van der Waals surface area contributed by atoms with E-state index >= 15 is 0 Å². The molecule has 0 spiro atoms. The fourth-order valence-electron chi connectivity index (χ4n) is 3.07. The van der Waals surface area contributed by atoms with Crippen LogP contribution in [0.4, 0.5) is 0 Å². The Morgan fingerprint density at radius 3 is 2.91 bits per heavy atom. The van der Waals surface area contributed by atoms with Gasteiger partial charge < -0.3 is 10.1 Å². The molecule has 0 aliphatic carbocycles. The number of halogens is 1. The van der Waals surface area contributed by atoms with E-state index in [0.29, 0.717) is 19.8 Å². The minimum atomic E-state index is -3.24. The van der Waals surface area contributed by atoms with Crippen LogP contribution in [0, 0.1) is 5.92 Å². The molecule has 22 heavy (non-hydrogen) atoms. The standard InChI is InChI=1S/C15H22N2O3S.ClH/c18-21(19,11-12-6-8-20-10-12)17-9-15-14-4-2-1-3-13(14)5-7-16-15;/h1-4,12,15-17H,5-11H2;1H. The Morgan fingerprint density at radius 2 is 2.14 bits per heavy atom. The summed E-state index contributed by atoms with van der Waals surface area (Å²) in [6.07, 6.45) is 1.84. The molecule has 1 fully saturated rings. The Morgan fingerprint density at radius 1 is 1.32 bits per heavy atom.